The van der Waals surface area contributed by atoms with E-state index in [1.54, 1.807) is 0 Å². The van der Waals surface area contributed by atoms with Crippen molar-refractivity contribution in [3.63, 3.8) is 0 Å². The van der Waals surface area contributed by atoms with Crippen LogP contribution in [0.5, 0.6) is 0 Å². The summed E-state index contributed by atoms with van der Waals surface area (Å²) in [4.78, 5) is 10.0. The number of quaternary nitrogens is 1. The van der Waals surface area contributed by atoms with Gasteiger partial charge in [0.25, 0.3) is 0 Å². The quantitative estimate of drug-likeness (QED) is 0.414. The van der Waals surface area contributed by atoms with Crippen LogP contribution in [0.2, 0.25) is 0 Å². The molecule has 0 amide bonds. The Morgan fingerprint density at radius 3 is 2.17 bits per heavy atom. The number of carboxylic acids is 1. The number of rotatable bonds is 4. The Balaban J connectivity index is 0. The van der Waals surface area contributed by atoms with Crippen LogP contribution >= 0.6 is 0 Å². The van der Waals surface area contributed by atoms with Crippen LogP contribution in [0.25, 0.3) is 0 Å². The van der Waals surface area contributed by atoms with E-state index in [0.717, 1.165) is 0 Å². The van der Waals surface area contributed by atoms with Gasteiger partial charge in [-0.1, -0.05) is 0 Å². The first-order valence-corrected chi connectivity index (χ1v) is 3.49. The van der Waals surface area contributed by atoms with Crippen molar-refractivity contribution in [2.75, 3.05) is 27.7 Å². The van der Waals surface area contributed by atoms with Gasteiger partial charge in [0.05, 0.1) is 21.1 Å². The zero-order valence-corrected chi connectivity index (χ0v) is 11.3. The molecular formula is C7H15KNO3. The maximum absolute atomic E-state index is 10.0. The zero-order valence-electron chi connectivity index (χ0n) is 8.20. The normalized spacial score (nSPS) is 13.3. The third kappa shape index (κ3) is 11.0. The fourth-order valence-corrected chi connectivity index (χ4v) is 0.889. The number of aliphatic carboxylic acids is 1. The summed E-state index contributed by atoms with van der Waals surface area (Å²) in [6.45, 7) is 0.425. The molecule has 1 radical (unpaired) electrons. The predicted molar refractivity (Wildman–Crippen MR) is 44.3 cm³/mol. The summed E-state index contributed by atoms with van der Waals surface area (Å²) >= 11 is 0. The maximum atomic E-state index is 10.0. The number of hydrogen-bond donors (Lipinski definition) is 1. The third-order valence-corrected chi connectivity index (χ3v) is 1.16. The monoisotopic (exact) mass is 200 g/mol. The molecule has 0 heterocycles. The van der Waals surface area contributed by atoms with E-state index in [1.165, 1.54) is 0 Å². The summed E-state index contributed by atoms with van der Waals surface area (Å²) in [7, 11) is 5.66. The molecule has 0 aromatic carbocycles. The smallest absolute Gasteiger partial charge is 0.108 e. The van der Waals surface area contributed by atoms with Gasteiger partial charge in [-0.2, -0.15) is 0 Å². The molecule has 1 atom stereocenters. The number of likely N-dealkylation sites (N-methyl/N-ethyl adjacent to an activating group) is 1. The van der Waals surface area contributed by atoms with Gasteiger partial charge in [-0.25, -0.2) is 0 Å². The molecule has 0 aromatic rings. The summed E-state index contributed by atoms with van der Waals surface area (Å²) in [5, 5.41) is 19.1. The van der Waals surface area contributed by atoms with Crippen molar-refractivity contribution in [2.45, 2.75) is 12.5 Å². The largest absolute Gasteiger partial charge is 0.550 e. The first kappa shape index (κ1) is 15.5. The van der Waals surface area contributed by atoms with Crippen LogP contribution in [0.1, 0.15) is 6.42 Å². The Hall–Kier alpha value is 1.03. The van der Waals surface area contributed by atoms with E-state index in [2.05, 4.69) is 0 Å². The minimum absolute atomic E-state index is 0. The summed E-state index contributed by atoms with van der Waals surface area (Å²) in [6, 6.07) is 0. The van der Waals surface area contributed by atoms with Crippen LogP contribution in [-0.2, 0) is 4.79 Å². The summed E-state index contributed by atoms with van der Waals surface area (Å²) < 4.78 is 0.550. The SMILES string of the molecule is C[N+](C)(C)C[C@H](O)CC(=O)[O-].[K]. The molecule has 1 N–H and O–H groups in total. The first-order chi connectivity index (χ1) is 4.81. The number of aliphatic hydroxyl groups is 1. The Labute approximate surface area is 116 Å². The van der Waals surface area contributed by atoms with Gasteiger partial charge in [-0.05, 0) is 0 Å². The van der Waals surface area contributed by atoms with Crippen molar-refractivity contribution >= 4 is 57.4 Å². The molecule has 12 heavy (non-hydrogen) atoms. The van der Waals surface area contributed by atoms with Gasteiger partial charge >= 0.3 is 0 Å². The molecule has 0 rings (SSSR count). The molecular weight excluding hydrogens is 185 g/mol. The van der Waals surface area contributed by atoms with E-state index in [4.69, 9.17) is 5.11 Å². The average molecular weight is 200 g/mol. The Kier molecular flexibility index (Phi) is 8.36. The van der Waals surface area contributed by atoms with E-state index < -0.39 is 12.1 Å². The predicted octanol–water partition coefficient (Wildman–Crippen LogP) is -2.19. The number of carbonyl (C=O) groups excluding carboxylic acids is 1. The van der Waals surface area contributed by atoms with E-state index in [0.29, 0.717) is 11.0 Å². The van der Waals surface area contributed by atoms with Gasteiger partial charge in [0.15, 0.2) is 0 Å². The Bertz CT molecular complexity index is 144. The van der Waals surface area contributed by atoms with Crippen molar-refractivity contribution in [3.8, 4) is 0 Å². The molecule has 0 aliphatic heterocycles. The molecule has 0 aliphatic rings. The van der Waals surface area contributed by atoms with E-state index in [1.807, 2.05) is 21.1 Å². The number of carbonyl (C=O) groups is 1. The molecule has 0 spiro atoms. The van der Waals surface area contributed by atoms with Crippen molar-refractivity contribution in [1.29, 1.82) is 0 Å². The molecule has 5 heteroatoms. The Morgan fingerprint density at radius 1 is 1.50 bits per heavy atom. The van der Waals surface area contributed by atoms with E-state index in [-0.39, 0.29) is 57.8 Å². The van der Waals surface area contributed by atoms with Gasteiger partial charge in [-0.15, -0.1) is 0 Å². The Morgan fingerprint density at radius 2 is 1.92 bits per heavy atom. The number of aliphatic hydroxyl groups excluding tert-OH is 1. The minimum Gasteiger partial charge on any atom is -0.550 e. The topological polar surface area (TPSA) is 60.4 Å². The van der Waals surface area contributed by atoms with Crippen molar-refractivity contribution in [3.05, 3.63) is 0 Å². The maximum Gasteiger partial charge on any atom is 0.108 e. The van der Waals surface area contributed by atoms with Crippen LogP contribution in [0.15, 0.2) is 0 Å². The molecule has 0 aliphatic carbocycles. The van der Waals surface area contributed by atoms with Crippen molar-refractivity contribution in [1.82, 2.24) is 0 Å². The van der Waals surface area contributed by atoms with E-state index in [9.17, 15) is 9.90 Å². The molecule has 0 unspecified atom stereocenters. The van der Waals surface area contributed by atoms with E-state index >= 15 is 0 Å². The second-order valence-electron chi connectivity index (χ2n) is 3.70. The molecule has 0 bridgehead atoms. The van der Waals surface area contributed by atoms with Crippen LogP contribution in [-0.4, -0.2) is 101 Å². The fraction of sp³-hybridized carbons (Fsp3) is 0.857. The van der Waals surface area contributed by atoms with Crippen LogP contribution < -0.4 is 5.11 Å². The van der Waals surface area contributed by atoms with Gasteiger partial charge in [0.2, 0.25) is 0 Å². The molecule has 0 saturated heterocycles. The van der Waals surface area contributed by atoms with Gasteiger partial charge < -0.3 is 19.5 Å². The van der Waals surface area contributed by atoms with Gasteiger partial charge in [0, 0.05) is 63.8 Å². The number of carboxylic acid groups (broad SMARTS) is 1. The summed E-state index contributed by atoms with van der Waals surface area (Å²) in [5.41, 5.74) is 0. The summed E-state index contributed by atoms with van der Waals surface area (Å²) in [6.07, 6.45) is -1.09. The fourth-order valence-electron chi connectivity index (χ4n) is 0.889. The van der Waals surface area contributed by atoms with Gasteiger partial charge in [-0.3, -0.25) is 0 Å². The molecule has 0 aromatic heterocycles. The first-order valence-electron chi connectivity index (χ1n) is 3.49. The van der Waals surface area contributed by atoms with Gasteiger partial charge in [0.1, 0.15) is 12.6 Å². The molecule has 4 nitrogen and oxygen atoms in total. The summed E-state index contributed by atoms with van der Waals surface area (Å²) in [5.74, 6) is -1.20. The number of hydrogen-bond acceptors (Lipinski definition) is 3. The third-order valence-electron chi connectivity index (χ3n) is 1.16. The molecule has 0 fully saturated rings. The van der Waals surface area contributed by atoms with Crippen LogP contribution in [0, 0.1) is 0 Å². The van der Waals surface area contributed by atoms with Crippen molar-refractivity contribution in [2.24, 2.45) is 0 Å². The number of nitrogens with zero attached hydrogens (tertiary/aromatic N) is 1. The van der Waals surface area contributed by atoms with Crippen molar-refractivity contribution < 1.29 is 19.5 Å². The zero-order chi connectivity index (χ0) is 9.07. The minimum atomic E-state index is -1.20. The molecule has 0 saturated carbocycles. The second kappa shape index (κ2) is 6.48. The standard InChI is InChI=1S/C7H15NO3.K/c1-8(2,3)5-6(9)4-7(10)11;/h6,9H,4-5H2,1-3H3;/t6-;/m1./s1. The molecule has 67 valence electrons. The average Bonchev–Trinajstić information content (AvgIpc) is 1.53. The second-order valence-corrected chi connectivity index (χ2v) is 3.70. The van der Waals surface area contributed by atoms with Crippen LogP contribution in [0.4, 0.5) is 0 Å². The van der Waals surface area contributed by atoms with Crippen LogP contribution in [0.3, 0.4) is 0 Å².